The lowest BCUT2D eigenvalue weighted by molar-refractivity contribution is -0.133. The molecule has 0 aliphatic heterocycles. The SMILES string of the molecule is CCC(N)C(=O)N(Cc1cccc(O)c1)C1CC1. The lowest BCUT2D eigenvalue weighted by Crippen LogP contribution is -2.44. The molecular formula is C14H20N2O2. The molecule has 0 heterocycles. The second-order valence-corrected chi connectivity index (χ2v) is 4.88. The Morgan fingerprint density at radius 2 is 2.28 bits per heavy atom. The van der Waals surface area contributed by atoms with Crippen LogP contribution >= 0.6 is 0 Å². The van der Waals surface area contributed by atoms with Crippen molar-refractivity contribution >= 4 is 5.91 Å². The van der Waals surface area contributed by atoms with Crippen LogP contribution in [0.5, 0.6) is 5.75 Å². The van der Waals surface area contributed by atoms with Gasteiger partial charge in [-0.3, -0.25) is 4.79 Å². The fourth-order valence-corrected chi connectivity index (χ4v) is 2.01. The number of nitrogens with zero attached hydrogens (tertiary/aromatic N) is 1. The van der Waals surface area contributed by atoms with E-state index in [4.69, 9.17) is 5.73 Å². The van der Waals surface area contributed by atoms with E-state index in [2.05, 4.69) is 0 Å². The van der Waals surface area contributed by atoms with Gasteiger partial charge in [0.2, 0.25) is 5.91 Å². The van der Waals surface area contributed by atoms with Crippen LogP contribution in [0.1, 0.15) is 31.7 Å². The van der Waals surface area contributed by atoms with Crippen LogP contribution in [0.25, 0.3) is 0 Å². The number of hydrogen-bond donors (Lipinski definition) is 2. The second kappa shape index (κ2) is 5.40. The van der Waals surface area contributed by atoms with E-state index in [1.807, 2.05) is 17.9 Å². The number of amides is 1. The van der Waals surface area contributed by atoms with Crippen molar-refractivity contribution < 1.29 is 9.90 Å². The fraction of sp³-hybridized carbons (Fsp3) is 0.500. The van der Waals surface area contributed by atoms with E-state index in [0.29, 0.717) is 19.0 Å². The van der Waals surface area contributed by atoms with Crippen LogP contribution in [0.4, 0.5) is 0 Å². The van der Waals surface area contributed by atoms with E-state index in [-0.39, 0.29) is 11.7 Å². The van der Waals surface area contributed by atoms with Crippen molar-refractivity contribution in [2.45, 2.75) is 44.8 Å². The lowest BCUT2D eigenvalue weighted by atomic mass is 10.1. The lowest BCUT2D eigenvalue weighted by Gasteiger charge is -2.25. The molecule has 1 aliphatic carbocycles. The highest BCUT2D eigenvalue weighted by molar-refractivity contribution is 5.82. The Kier molecular flexibility index (Phi) is 3.87. The van der Waals surface area contributed by atoms with E-state index in [0.717, 1.165) is 18.4 Å². The minimum Gasteiger partial charge on any atom is -0.508 e. The van der Waals surface area contributed by atoms with Gasteiger partial charge in [0.25, 0.3) is 0 Å². The standard InChI is InChI=1S/C14H20N2O2/c1-2-13(15)14(18)16(11-6-7-11)9-10-4-3-5-12(17)8-10/h3-5,8,11,13,17H,2,6-7,9,15H2,1H3. The highest BCUT2D eigenvalue weighted by Gasteiger charge is 2.34. The van der Waals surface area contributed by atoms with Gasteiger partial charge in [0, 0.05) is 12.6 Å². The minimum absolute atomic E-state index is 0.0170. The molecule has 2 rings (SSSR count). The van der Waals surface area contributed by atoms with Crippen molar-refractivity contribution in [1.29, 1.82) is 0 Å². The molecule has 3 N–H and O–H groups in total. The Morgan fingerprint density at radius 3 is 2.83 bits per heavy atom. The van der Waals surface area contributed by atoms with Crippen LogP contribution in [-0.2, 0) is 11.3 Å². The molecule has 0 spiro atoms. The normalized spacial score (nSPS) is 16.3. The molecule has 0 aromatic heterocycles. The molecule has 1 unspecified atom stereocenters. The maximum atomic E-state index is 12.2. The van der Waals surface area contributed by atoms with Gasteiger partial charge in [-0.25, -0.2) is 0 Å². The molecular weight excluding hydrogens is 228 g/mol. The van der Waals surface area contributed by atoms with Gasteiger partial charge in [-0.05, 0) is 37.0 Å². The average molecular weight is 248 g/mol. The topological polar surface area (TPSA) is 66.6 Å². The molecule has 1 atom stereocenters. The first-order valence-corrected chi connectivity index (χ1v) is 6.45. The summed E-state index contributed by atoms with van der Waals surface area (Å²) in [7, 11) is 0. The van der Waals surface area contributed by atoms with Gasteiger partial charge in [0.1, 0.15) is 5.75 Å². The van der Waals surface area contributed by atoms with Crippen LogP contribution in [0, 0.1) is 0 Å². The fourth-order valence-electron chi connectivity index (χ4n) is 2.01. The first-order chi connectivity index (χ1) is 8.61. The number of phenolic OH excluding ortho intramolecular Hbond substituents is 1. The minimum atomic E-state index is -0.414. The van der Waals surface area contributed by atoms with Gasteiger partial charge in [-0.2, -0.15) is 0 Å². The van der Waals surface area contributed by atoms with Crippen molar-refractivity contribution in [2.24, 2.45) is 5.73 Å². The van der Waals surface area contributed by atoms with Crippen molar-refractivity contribution in [3.05, 3.63) is 29.8 Å². The van der Waals surface area contributed by atoms with Crippen molar-refractivity contribution in [2.75, 3.05) is 0 Å². The molecule has 4 nitrogen and oxygen atoms in total. The molecule has 1 saturated carbocycles. The maximum absolute atomic E-state index is 12.2. The molecule has 1 amide bonds. The zero-order chi connectivity index (χ0) is 13.1. The number of aromatic hydroxyl groups is 1. The van der Waals surface area contributed by atoms with Crippen LogP contribution in [0.2, 0.25) is 0 Å². The number of benzene rings is 1. The summed E-state index contributed by atoms with van der Waals surface area (Å²) in [5.41, 5.74) is 6.77. The summed E-state index contributed by atoms with van der Waals surface area (Å²) in [6, 6.07) is 6.95. The summed E-state index contributed by atoms with van der Waals surface area (Å²) in [4.78, 5) is 14.0. The molecule has 1 aromatic carbocycles. The first kappa shape index (κ1) is 12.9. The summed E-state index contributed by atoms with van der Waals surface area (Å²) in [5, 5.41) is 9.45. The third-order valence-electron chi connectivity index (χ3n) is 3.29. The summed E-state index contributed by atoms with van der Waals surface area (Å²) in [6.07, 6.45) is 2.77. The summed E-state index contributed by atoms with van der Waals surface area (Å²) < 4.78 is 0. The van der Waals surface area contributed by atoms with E-state index in [9.17, 15) is 9.90 Å². The zero-order valence-corrected chi connectivity index (χ0v) is 10.7. The zero-order valence-electron chi connectivity index (χ0n) is 10.7. The highest BCUT2D eigenvalue weighted by atomic mass is 16.3. The molecule has 0 saturated heterocycles. The Labute approximate surface area is 107 Å². The van der Waals surface area contributed by atoms with Crippen molar-refractivity contribution in [3.8, 4) is 5.75 Å². The van der Waals surface area contributed by atoms with Crippen molar-refractivity contribution in [3.63, 3.8) is 0 Å². The Balaban J connectivity index is 2.09. The van der Waals surface area contributed by atoms with Gasteiger partial charge in [-0.1, -0.05) is 19.1 Å². The molecule has 1 fully saturated rings. The molecule has 18 heavy (non-hydrogen) atoms. The Hall–Kier alpha value is -1.55. The molecule has 0 radical (unpaired) electrons. The van der Waals surface area contributed by atoms with E-state index < -0.39 is 6.04 Å². The first-order valence-electron chi connectivity index (χ1n) is 6.45. The summed E-state index contributed by atoms with van der Waals surface area (Å²) in [5.74, 6) is 0.249. The molecule has 4 heteroatoms. The van der Waals surface area contributed by atoms with Gasteiger partial charge < -0.3 is 15.7 Å². The third-order valence-corrected chi connectivity index (χ3v) is 3.29. The van der Waals surface area contributed by atoms with Crippen LogP contribution in [0.15, 0.2) is 24.3 Å². The Bertz CT molecular complexity index is 430. The summed E-state index contributed by atoms with van der Waals surface area (Å²) >= 11 is 0. The van der Waals surface area contributed by atoms with E-state index in [1.165, 1.54) is 0 Å². The monoisotopic (exact) mass is 248 g/mol. The van der Waals surface area contributed by atoms with Gasteiger partial charge in [-0.15, -0.1) is 0 Å². The predicted octanol–water partition coefficient (Wildman–Crippen LogP) is 1.62. The van der Waals surface area contributed by atoms with Crippen molar-refractivity contribution in [1.82, 2.24) is 4.90 Å². The Morgan fingerprint density at radius 1 is 1.56 bits per heavy atom. The number of phenols is 1. The van der Waals surface area contributed by atoms with Gasteiger partial charge >= 0.3 is 0 Å². The van der Waals surface area contributed by atoms with Crippen LogP contribution < -0.4 is 5.73 Å². The van der Waals surface area contributed by atoms with E-state index in [1.54, 1.807) is 18.2 Å². The van der Waals surface area contributed by atoms with Gasteiger partial charge in [0.15, 0.2) is 0 Å². The maximum Gasteiger partial charge on any atom is 0.240 e. The van der Waals surface area contributed by atoms with E-state index >= 15 is 0 Å². The number of rotatable bonds is 5. The molecule has 1 aliphatic rings. The average Bonchev–Trinajstić information content (AvgIpc) is 3.18. The quantitative estimate of drug-likeness (QED) is 0.832. The number of carbonyl (C=O) groups is 1. The molecule has 1 aromatic rings. The smallest absolute Gasteiger partial charge is 0.240 e. The number of hydrogen-bond acceptors (Lipinski definition) is 3. The summed E-state index contributed by atoms with van der Waals surface area (Å²) in [6.45, 7) is 2.45. The molecule has 98 valence electrons. The van der Waals surface area contributed by atoms with Crippen LogP contribution in [-0.4, -0.2) is 28.0 Å². The largest absolute Gasteiger partial charge is 0.508 e. The van der Waals surface area contributed by atoms with Crippen LogP contribution in [0.3, 0.4) is 0 Å². The third kappa shape index (κ3) is 3.01. The number of nitrogens with two attached hydrogens (primary N) is 1. The predicted molar refractivity (Wildman–Crippen MR) is 69.9 cm³/mol. The number of carbonyl (C=O) groups excluding carboxylic acids is 1. The second-order valence-electron chi connectivity index (χ2n) is 4.88. The molecule has 0 bridgehead atoms. The van der Waals surface area contributed by atoms with Gasteiger partial charge in [0.05, 0.1) is 6.04 Å². The highest BCUT2D eigenvalue weighted by Crippen LogP contribution is 2.29.